The van der Waals surface area contributed by atoms with Gasteiger partial charge in [0.2, 0.25) is 21.9 Å². The average Bonchev–Trinajstić information content (AvgIpc) is 3.29. The van der Waals surface area contributed by atoms with Crippen LogP contribution in [0.2, 0.25) is 5.02 Å². The second-order valence-corrected chi connectivity index (χ2v) is 12.5. The molecule has 9 heteroatoms. The number of carbonyl (C=O) groups is 1. The van der Waals surface area contributed by atoms with Gasteiger partial charge >= 0.3 is 0 Å². The van der Waals surface area contributed by atoms with Crippen LogP contribution in [-0.4, -0.2) is 41.3 Å². The van der Waals surface area contributed by atoms with E-state index in [1.807, 2.05) is 71.1 Å². The Bertz CT molecular complexity index is 1580. The molecule has 1 heterocycles. The number of anilines is 1. The van der Waals surface area contributed by atoms with Crippen molar-refractivity contribution in [1.82, 2.24) is 13.9 Å². The molecule has 4 aromatic rings. The molecule has 0 aliphatic heterocycles. The predicted molar refractivity (Wildman–Crippen MR) is 157 cm³/mol. The molecule has 0 aliphatic rings. The lowest BCUT2D eigenvalue weighted by atomic mass is 10.1. The highest BCUT2D eigenvalue weighted by Crippen LogP contribution is 2.27. The molecular formula is C30H33ClN4O3S. The molecule has 0 bridgehead atoms. The molecule has 3 aromatic carbocycles. The largest absolute Gasteiger partial charge is 0.294 e. The van der Waals surface area contributed by atoms with Crippen molar-refractivity contribution >= 4 is 33.5 Å². The van der Waals surface area contributed by atoms with Crippen molar-refractivity contribution in [3.63, 3.8) is 0 Å². The summed E-state index contributed by atoms with van der Waals surface area (Å²) in [5.41, 5.74) is 5.50. The molecule has 1 N–H and O–H groups in total. The van der Waals surface area contributed by atoms with Gasteiger partial charge in [-0.05, 0) is 74.2 Å². The van der Waals surface area contributed by atoms with Crippen molar-refractivity contribution in [2.24, 2.45) is 5.92 Å². The van der Waals surface area contributed by atoms with Crippen molar-refractivity contribution in [3.05, 3.63) is 94.6 Å². The van der Waals surface area contributed by atoms with E-state index in [9.17, 15) is 13.2 Å². The Kier molecular flexibility index (Phi) is 8.59. The Balaban J connectivity index is 1.67. The zero-order valence-electron chi connectivity index (χ0n) is 22.8. The number of hydrogen-bond donors (Lipinski definition) is 1. The quantitative estimate of drug-likeness (QED) is 0.255. The van der Waals surface area contributed by atoms with Crippen molar-refractivity contribution in [2.75, 3.05) is 18.4 Å². The first-order chi connectivity index (χ1) is 18.4. The van der Waals surface area contributed by atoms with E-state index in [1.165, 1.54) is 4.31 Å². The maximum atomic E-state index is 13.5. The van der Waals surface area contributed by atoms with Gasteiger partial charge in [-0.1, -0.05) is 61.3 Å². The molecule has 204 valence electrons. The first kappa shape index (κ1) is 28.5. The van der Waals surface area contributed by atoms with E-state index < -0.39 is 15.9 Å². The predicted octanol–water partition coefficient (Wildman–Crippen LogP) is 6.40. The highest BCUT2D eigenvalue weighted by molar-refractivity contribution is 7.89. The third-order valence-electron chi connectivity index (χ3n) is 6.41. The van der Waals surface area contributed by atoms with Gasteiger partial charge in [-0.2, -0.15) is 4.31 Å². The number of aromatic nitrogens is 2. The number of rotatable bonds is 9. The van der Waals surface area contributed by atoms with E-state index in [-0.39, 0.29) is 23.9 Å². The molecule has 0 fully saturated rings. The lowest BCUT2D eigenvalue weighted by molar-refractivity contribution is -0.116. The fourth-order valence-electron chi connectivity index (χ4n) is 4.14. The Labute approximate surface area is 235 Å². The van der Waals surface area contributed by atoms with Crippen molar-refractivity contribution < 1.29 is 13.2 Å². The van der Waals surface area contributed by atoms with E-state index in [2.05, 4.69) is 5.32 Å². The molecule has 0 radical (unpaired) electrons. The molecule has 0 saturated carbocycles. The summed E-state index contributed by atoms with van der Waals surface area (Å²) in [4.78, 5) is 18.2. The number of nitrogens with zero attached hydrogens (tertiary/aromatic N) is 3. The van der Waals surface area contributed by atoms with Crippen LogP contribution in [0.25, 0.3) is 16.9 Å². The van der Waals surface area contributed by atoms with Gasteiger partial charge in [0.1, 0.15) is 0 Å². The van der Waals surface area contributed by atoms with E-state index in [1.54, 1.807) is 41.0 Å². The SMILES string of the molecule is Cc1ccc(S(=O)(=O)N(CC(=O)Nc2nc(-c3ccc(Cl)cc3)cn2-c2ccc(C)c(C)c2)CC(C)C)cc1. The molecule has 0 aliphatic carbocycles. The maximum Gasteiger partial charge on any atom is 0.243 e. The summed E-state index contributed by atoms with van der Waals surface area (Å²) in [5, 5.41) is 3.47. The topological polar surface area (TPSA) is 84.3 Å². The van der Waals surface area contributed by atoms with Crippen molar-refractivity contribution in [1.29, 1.82) is 0 Å². The van der Waals surface area contributed by atoms with Gasteiger partial charge in [-0.15, -0.1) is 0 Å². The maximum absolute atomic E-state index is 13.5. The van der Waals surface area contributed by atoms with E-state index in [0.717, 1.165) is 27.9 Å². The standard InChI is InChI=1S/C30H33ClN4O3S/c1-20(2)17-34(39(37,38)27-14-6-21(3)7-15-27)19-29(36)33-30-32-28(24-9-11-25(31)12-10-24)18-35(30)26-13-8-22(4)23(5)16-26/h6-16,18,20H,17,19H2,1-5H3,(H,32,33,36). The molecule has 1 amide bonds. The first-order valence-electron chi connectivity index (χ1n) is 12.7. The molecule has 0 saturated heterocycles. The van der Waals surface area contributed by atoms with Crippen LogP contribution in [0, 0.1) is 26.7 Å². The third-order valence-corrected chi connectivity index (χ3v) is 8.49. The number of carbonyl (C=O) groups excluding carboxylic acids is 1. The number of nitrogens with one attached hydrogen (secondary N) is 1. The van der Waals surface area contributed by atoms with Crippen molar-refractivity contribution in [2.45, 2.75) is 39.5 Å². The van der Waals surface area contributed by atoms with Crippen LogP contribution in [0.3, 0.4) is 0 Å². The molecule has 0 atom stereocenters. The number of benzene rings is 3. The number of amides is 1. The lowest BCUT2D eigenvalue weighted by Gasteiger charge is -2.23. The number of hydrogen-bond acceptors (Lipinski definition) is 4. The third kappa shape index (κ3) is 6.76. The van der Waals surface area contributed by atoms with E-state index in [0.29, 0.717) is 16.7 Å². The van der Waals surface area contributed by atoms with Crippen LogP contribution in [0.1, 0.15) is 30.5 Å². The number of sulfonamides is 1. The molecule has 0 unspecified atom stereocenters. The van der Waals surface area contributed by atoms with Crippen LogP contribution in [0.5, 0.6) is 0 Å². The van der Waals surface area contributed by atoms with Gasteiger partial charge in [0.25, 0.3) is 0 Å². The Morgan fingerprint density at radius 1 is 0.974 bits per heavy atom. The van der Waals surface area contributed by atoms with Crippen LogP contribution in [0.4, 0.5) is 5.95 Å². The van der Waals surface area contributed by atoms with E-state index >= 15 is 0 Å². The van der Waals surface area contributed by atoms with Gasteiger partial charge in [0.15, 0.2) is 0 Å². The monoisotopic (exact) mass is 564 g/mol. The highest BCUT2D eigenvalue weighted by Gasteiger charge is 2.28. The van der Waals surface area contributed by atoms with Gasteiger partial charge < -0.3 is 0 Å². The van der Waals surface area contributed by atoms with Gasteiger partial charge in [0.05, 0.1) is 17.1 Å². The summed E-state index contributed by atoms with van der Waals surface area (Å²) >= 11 is 6.07. The van der Waals surface area contributed by atoms with Gasteiger partial charge in [-0.3, -0.25) is 14.7 Å². The normalized spacial score (nSPS) is 11.8. The smallest absolute Gasteiger partial charge is 0.243 e. The van der Waals surface area contributed by atoms with Crippen LogP contribution in [-0.2, 0) is 14.8 Å². The van der Waals surface area contributed by atoms with Crippen molar-refractivity contribution in [3.8, 4) is 16.9 Å². The Morgan fingerprint density at radius 2 is 1.64 bits per heavy atom. The Hall–Kier alpha value is -3.46. The first-order valence-corrected chi connectivity index (χ1v) is 14.6. The Morgan fingerprint density at radius 3 is 2.26 bits per heavy atom. The highest BCUT2D eigenvalue weighted by atomic mass is 35.5. The number of imidazole rings is 1. The summed E-state index contributed by atoms with van der Waals surface area (Å²) < 4.78 is 29.9. The zero-order valence-corrected chi connectivity index (χ0v) is 24.3. The summed E-state index contributed by atoms with van der Waals surface area (Å²) in [5.74, 6) is -0.165. The second kappa shape index (κ2) is 11.7. The summed E-state index contributed by atoms with van der Waals surface area (Å²) in [6, 6.07) is 19.9. The molecular weight excluding hydrogens is 532 g/mol. The summed E-state index contributed by atoms with van der Waals surface area (Å²) in [6.45, 7) is 9.64. The fraction of sp³-hybridized carbons (Fsp3) is 0.267. The summed E-state index contributed by atoms with van der Waals surface area (Å²) in [7, 11) is -3.88. The van der Waals surface area contributed by atoms with E-state index in [4.69, 9.17) is 16.6 Å². The average molecular weight is 565 g/mol. The summed E-state index contributed by atoms with van der Waals surface area (Å²) in [6.07, 6.45) is 1.85. The molecule has 39 heavy (non-hydrogen) atoms. The number of aryl methyl sites for hydroxylation is 3. The zero-order chi connectivity index (χ0) is 28.3. The second-order valence-electron chi connectivity index (χ2n) is 10.1. The minimum absolute atomic E-state index is 0.0204. The molecule has 0 spiro atoms. The molecule has 7 nitrogen and oxygen atoms in total. The fourth-order valence-corrected chi connectivity index (χ4v) is 5.82. The van der Waals surface area contributed by atoms with Gasteiger partial charge in [0, 0.05) is 29.0 Å². The lowest BCUT2D eigenvalue weighted by Crippen LogP contribution is -2.40. The van der Waals surface area contributed by atoms with Crippen LogP contribution in [0.15, 0.2) is 77.8 Å². The minimum Gasteiger partial charge on any atom is -0.294 e. The van der Waals surface area contributed by atoms with Crippen LogP contribution >= 0.6 is 11.6 Å². The molecule has 4 rings (SSSR count). The number of halogens is 1. The minimum atomic E-state index is -3.88. The van der Waals surface area contributed by atoms with Gasteiger partial charge in [-0.25, -0.2) is 13.4 Å². The molecule has 1 aromatic heterocycles. The van der Waals surface area contributed by atoms with Crippen LogP contribution < -0.4 is 5.32 Å².